The molecule has 1 aromatic rings. The van der Waals surface area contributed by atoms with Gasteiger partial charge in [0.2, 0.25) is 0 Å². The standard InChI is InChI=1S/C18H16N4O/c1-11-7-18(2,3)22-17-14(11)5-12(6-16(17)23-4)15(10-21)13(8-19)9-20/h5-7,22H,1-4H3. The molecule has 0 bridgehead atoms. The molecule has 0 unspecified atom stereocenters. The molecule has 0 amide bonds. The van der Waals surface area contributed by atoms with Crippen LogP contribution in [0.4, 0.5) is 5.69 Å². The molecule has 114 valence electrons. The van der Waals surface area contributed by atoms with E-state index in [2.05, 4.69) is 25.2 Å². The van der Waals surface area contributed by atoms with Crippen LogP contribution in [0.1, 0.15) is 31.9 Å². The zero-order chi connectivity index (χ0) is 17.2. The van der Waals surface area contributed by atoms with E-state index in [-0.39, 0.29) is 16.7 Å². The van der Waals surface area contributed by atoms with Gasteiger partial charge < -0.3 is 10.1 Å². The molecule has 0 spiro atoms. The summed E-state index contributed by atoms with van der Waals surface area (Å²) in [6, 6.07) is 8.96. The highest BCUT2D eigenvalue weighted by Gasteiger charge is 2.26. The van der Waals surface area contributed by atoms with Gasteiger partial charge >= 0.3 is 0 Å². The molecule has 0 aromatic heterocycles. The second-order valence-electron chi connectivity index (χ2n) is 5.86. The van der Waals surface area contributed by atoms with Gasteiger partial charge in [-0.05, 0) is 44.0 Å². The van der Waals surface area contributed by atoms with Crippen LogP contribution in [-0.4, -0.2) is 12.6 Å². The van der Waals surface area contributed by atoms with Crippen LogP contribution in [0.3, 0.4) is 0 Å². The number of rotatable bonds is 2. The molecule has 0 atom stereocenters. The van der Waals surface area contributed by atoms with Gasteiger partial charge in [-0.1, -0.05) is 6.08 Å². The van der Waals surface area contributed by atoms with Gasteiger partial charge in [-0.25, -0.2) is 0 Å². The van der Waals surface area contributed by atoms with Gasteiger partial charge in [0.05, 0.1) is 23.9 Å². The first-order valence-corrected chi connectivity index (χ1v) is 7.02. The summed E-state index contributed by atoms with van der Waals surface area (Å²) >= 11 is 0. The molecule has 23 heavy (non-hydrogen) atoms. The Bertz CT molecular complexity index is 839. The second-order valence-corrected chi connectivity index (χ2v) is 5.86. The average molecular weight is 304 g/mol. The van der Waals surface area contributed by atoms with E-state index in [1.807, 2.05) is 13.0 Å². The Morgan fingerprint density at radius 1 is 1.13 bits per heavy atom. The number of hydrogen-bond acceptors (Lipinski definition) is 5. The third-order valence-electron chi connectivity index (χ3n) is 3.65. The fourth-order valence-corrected chi connectivity index (χ4v) is 2.74. The van der Waals surface area contributed by atoms with Crippen molar-refractivity contribution in [1.82, 2.24) is 0 Å². The third kappa shape index (κ3) is 2.89. The molecule has 0 saturated heterocycles. The molecule has 2 rings (SSSR count). The van der Waals surface area contributed by atoms with Crippen molar-refractivity contribution in [2.75, 3.05) is 12.4 Å². The lowest BCUT2D eigenvalue weighted by Gasteiger charge is -2.32. The predicted octanol–water partition coefficient (Wildman–Crippen LogP) is 3.63. The van der Waals surface area contributed by atoms with Gasteiger partial charge in [0, 0.05) is 5.56 Å². The molecule has 0 radical (unpaired) electrons. The molecule has 1 aliphatic rings. The van der Waals surface area contributed by atoms with Crippen molar-refractivity contribution in [3.8, 4) is 24.0 Å². The molecule has 1 N–H and O–H groups in total. The topological polar surface area (TPSA) is 92.6 Å². The van der Waals surface area contributed by atoms with E-state index in [1.165, 1.54) is 0 Å². The van der Waals surface area contributed by atoms with E-state index in [0.29, 0.717) is 11.3 Å². The molecule has 1 aromatic carbocycles. The summed E-state index contributed by atoms with van der Waals surface area (Å²) in [6.45, 7) is 6.09. The number of nitrogens with zero attached hydrogens (tertiary/aromatic N) is 3. The van der Waals surface area contributed by atoms with Crippen LogP contribution in [0.15, 0.2) is 23.8 Å². The normalized spacial score (nSPS) is 14.0. The van der Waals surface area contributed by atoms with Crippen molar-refractivity contribution in [2.45, 2.75) is 26.3 Å². The Morgan fingerprint density at radius 2 is 1.78 bits per heavy atom. The molecular formula is C18H16N4O. The highest BCUT2D eigenvalue weighted by Crippen LogP contribution is 2.42. The van der Waals surface area contributed by atoms with Crippen LogP contribution in [0.2, 0.25) is 0 Å². The molecule has 5 heteroatoms. The SMILES string of the molecule is COc1cc(C(C#N)=C(C#N)C#N)cc2c1NC(C)(C)C=C2C. The van der Waals surface area contributed by atoms with Crippen LogP contribution in [0, 0.1) is 34.0 Å². The number of ether oxygens (including phenoxy) is 1. The summed E-state index contributed by atoms with van der Waals surface area (Å²) in [4.78, 5) is 0. The summed E-state index contributed by atoms with van der Waals surface area (Å²) in [6.07, 6.45) is 2.09. The minimum atomic E-state index is -0.218. The van der Waals surface area contributed by atoms with E-state index in [9.17, 15) is 5.26 Å². The first kappa shape index (κ1) is 16.1. The van der Waals surface area contributed by atoms with Crippen LogP contribution in [-0.2, 0) is 0 Å². The molecule has 1 heterocycles. The first-order chi connectivity index (χ1) is 10.9. The van der Waals surface area contributed by atoms with Gasteiger partial charge in [0.25, 0.3) is 0 Å². The van der Waals surface area contributed by atoms with Crippen LogP contribution >= 0.6 is 0 Å². The monoisotopic (exact) mass is 304 g/mol. The van der Waals surface area contributed by atoms with Crippen molar-refractivity contribution >= 4 is 16.8 Å². The van der Waals surface area contributed by atoms with E-state index < -0.39 is 0 Å². The van der Waals surface area contributed by atoms with Crippen molar-refractivity contribution in [3.05, 3.63) is 34.9 Å². The van der Waals surface area contributed by atoms with Crippen LogP contribution in [0.25, 0.3) is 11.1 Å². The number of allylic oxidation sites excluding steroid dienone is 3. The minimum absolute atomic E-state index is 0.0498. The van der Waals surface area contributed by atoms with Crippen molar-refractivity contribution < 1.29 is 4.74 Å². The van der Waals surface area contributed by atoms with Gasteiger partial charge in [0.1, 0.15) is 29.5 Å². The zero-order valence-corrected chi connectivity index (χ0v) is 13.5. The Morgan fingerprint density at radius 3 is 2.30 bits per heavy atom. The molecule has 5 nitrogen and oxygen atoms in total. The second kappa shape index (κ2) is 5.87. The summed E-state index contributed by atoms with van der Waals surface area (Å²) in [5, 5.41) is 30.8. The number of hydrogen-bond donors (Lipinski definition) is 1. The molecular weight excluding hydrogens is 288 g/mol. The lowest BCUT2D eigenvalue weighted by Crippen LogP contribution is -2.31. The predicted molar refractivity (Wildman–Crippen MR) is 88.1 cm³/mol. The van der Waals surface area contributed by atoms with E-state index in [0.717, 1.165) is 16.8 Å². The summed E-state index contributed by atoms with van der Waals surface area (Å²) in [5.74, 6) is 0.570. The summed E-state index contributed by atoms with van der Waals surface area (Å²) < 4.78 is 5.45. The molecule has 0 aliphatic carbocycles. The number of nitriles is 3. The van der Waals surface area contributed by atoms with Crippen LogP contribution in [0.5, 0.6) is 5.75 Å². The van der Waals surface area contributed by atoms with Gasteiger partial charge in [-0.2, -0.15) is 15.8 Å². The van der Waals surface area contributed by atoms with E-state index in [1.54, 1.807) is 31.4 Å². The third-order valence-corrected chi connectivity index (χ3v) is 3.65. The quantitative estimate of drug-likeness (QED) is 0.842. The first-order valence-electron chi connectivity index (χ1n) is 7.02. The smallest absolute Gasteiger partial charge is 0.148 e. The zero-order valence-electron chi connectivity index (χ0n) is 13.5. The number of fused-ring (bicyclic) bond motifs is 1. The van der Waals surface area contributed by atoms with Crippen molar-refractivity contribution in [2.24, 2.45) is 0 Å². The maximum atomic E-state index is 9.35. The highest BCUT2D eigenvalue weighted by molar-refractivity contribution is 5.91. The number of anilines is 1. The van der Waals surface area contributed by atoms with Gasteiger partial charge in [-0.15, -0.1) is 0 Å². The van der Waals surface area contributed by atoms with E-state index in [4.69, 9.17) is 15.3 Å². The lowest BCUT2D eigenvalue weighted by atomic mass is 9.88. The van der Waals surface area contributed by atoms with Gasteiger partial charge in [-0.3, -0.25) is 0 Å². The van der Waals surface area contributed by atoms with Crippen molar-refractivity contribution in [3.63, 3.8) is 0 Å². The maximum Gasteiger partial charge on any atom is 0.148 e. The minimum Gasteiger partial charge on any atom is -0.495 e. The largest absolute Gasteiger partial charge is 0.495 e. The Kier molecular flexibility index (Phi) is 4.12. The van der Waals surface area contributed by atoms with Crippen LogP contribution < -0.4 is 10.1 Å². The molecule has 0 fully saturated rings. The Labute approximate surface area is 135 Å². The average Bonchev–Trinajstić information content (AvgIpc) is 2.51. The number of nitrogens with one attached hydrogen (secondary N) is 1. The van der Waals surface area contributed by atoms with E-state index >= 15 is 0 Å². The van der Waals surface area contributed by atoms with Gasteiger partial charge in [0.15, 0.2) is 0 Å². The van der Waals surface area contributed by atoms with Crippen molar-refractivity contribution in [1.29, 1.82) is 15.8 Å². The Balaban J connectivity index is 2.77. The lowest BCUT2D eigenvalue weighted by molar-refractivity contribution is 0.415. The molecule has 0 saturated carbocycles. The fraction of sp³-hybridized carbons (Fsp3) is 0.278. The number of benzene rings is 1. The summed E-state index contributed by atoms with van der Waals surface area (Å²) in [7, 11) is 1.55. The number of methoxy groups -OCH3 is 1. The molecule has 1 aliphatic heterocycles. The highest BCUT2D eigenvalue weighted by atomic mass is 16.5. The Hall–Kier alpha value is -3.23. The fourth-order valence-electron chi connectivity index (χ4n) is 2.74. The maximum absolute atomic E-state index is 9.35. The summed E-state index contributed by atoms with van der Waals surface area (Å²) in [5.41, 5.74) is 2.89.